The number of rotatable bonds is 5. The van der Waals surface area contributed by atoms with E-state index < -0.39 is 0 Å². The highest BCUT2D eigenvalue weighted by atomic mass is 16.6. The van der Waals surface area contributed by atoms with Crippen LogP contribution >= 0.6 is 0 Å². The number of carbonyl (C=O) groups is 2. The second-order valence-corrected chi connectivity index (χ2v) is 4.95. The molecule has 0 radical (unpaired) electrons. The third kappa shape index (κ3) is 5.06. The summed E-state index contributed by atoms with van der Waals surface area (Å²) < 4.78 is 4.95. The molecule has 0 saturated carbocycles. The number of likely N-dealkylation sites (tertiary alicyclic amines) is 1. The number of hydrogen-bond donors (Lipinski definition) is 2. The molecule has 6 heteroatoms. The Balaban J connectivity index is 2.30. The van der Waals surface area contributed by atoms with Crippen LogP contribution in [0.5, 0.6) is 0 Å². The zero-order chi connectivity index (χ0) is 14.3. The summed E-state index contributed by atoms with van der Waals surface area (Å²) in [6, 6.07) is 0.151. The molecule has 110 valence electrons. The third-order valence-corrected chi connectivity index (χ3v) is 3.41. The van der Waals surface area contributed by atoms with E-state index >= 15 is 0 Å². The molecule has 0 bridgehead atoms. The molecule has 1 heterocycles. The zero-order valence-corrected chi connectivity index (χ0v) is 11.9. The minimum absolute atomic E-state index is 0.0481. The molecule has 2 amide bonds. The van der Waals surface area contributed by atoms with Crippen LogP contribution in [0.2, 0.25) is 0 Å². The number of ether oxygens (including phenoxy) is 1. The molecule has 1 aliphatic rings. The molecular formula is C13H25N3O3. The van der Waals surface area contributed by atoms with Crippen molar-refractivity contribution in [3.05, 3.63) is 0 Å². The first-order valence-electron chi connectivity index (χ1n) is 7.00. The first-order chi connectivity index (χ1) is 9.08. The Morgan fingerprint density at radius 1 is 1.42 bits per heavy atom. The highest BCUT2D eigenvalue weighted by molar-refractivity contribution is 5.78. The monoisotopic (exact) mass is 271 g/mol. The van der Waals surface area contributed by atoms with E-state index in [-0.39, 0.29) is 24.0 Å². The van der Waals surface area contributed by atoms with Gasteiger partial charge in [-0.25, -0.2) is 4.79 Å². The fourth-order valence-corrected chi connectivity index (χ4v) is 2.15. The molecule has 1 fully saturated rings. The van der Waals surface area contributed by atoms with Crippen LogP contribution in [-0.4, -0.2) is 49.2 Å². The van der Waals surface area contributed by atoms with Crippen molar-refractivity contribution < 1.29 is 14.3 Å². The Labute approximate surface area is 114 Å². The van der Waals surface area contributed by atoms with Crippen LogP contribution < -0.4 is 11.1 Å². The van der Waals surface area contributed by atoms with Crippen molar-refractivity contribution in [2.24, 2.45) is 11.7 Å². The van der Waals surface area contributed by atoms with E-state index in [1.807, 2.05) is 6.92 Å². The fourth-order valence-electron chi connectivity index (χ4n) is 2.15. The third-order valence-electron chi connectivity index (χ3n) is 3.41. The SMILES string of the molecule is CCOC(=O)N1CCC(NC(=O)C(C)CCN)CC1. The van der Waals surface area contributed by atoms with Gasteiger partial charge in [-0.15, -0.1) is 0 Å². The number of carbonyl (C=O) groups excluding carboxylic acids is 2. The van der Waals surface area contributed by atoms with E-state index in [0.29, 0.717) is 32.7 Å². The van der Waals surface area contributed by atoms with E-state index in [1.165, 1.54) is 0 Å². The summed E-state index contributed by atoms with van der Waals surface area (Å²) >= 11 is 0. The van der Waals surface area contributed by atoms with Crippen molar-refractivity contribution in [1.82, 2.24) is 10.2 Å². The maximum atomic E-state index is 11.8. The summed E-state index contributed by atoms with van der Waals surface area (Å²) in [7, 11) is 0. The summed E-state index contributed by atoms with van der Waals surface area (Å²) in [5.41, 5.74) is 5.44. The highest BCUT2D eigenvalue weighted by Gasteiger charge is 2.25. The van der Waals surface area contributed by atoms with Crippen LogP contribution in [0.1, 0.15) is 33.1 Å². The van der Waals surface area contributed by atoms with Gasteiger partial charge in [-0.2, -0.15) is 0 Å². The number of nitrogens with one attached hydrogen (secondary N) is 1. The molecule has 1 atom stereocenters. The normalized spacial score (nSPS) is 17.9. The Morgan fingerprint density at radius 3 is 2.58 bits per heavy atom. The van der Waals surface area contributed by atoms with Gasteiger partial charge < -0.3 is 20.7 Å². The smallest absolute Gasteiger partial charge is 0.409 e. The predicted octanol–water partition coefficient (Wildman–Crippen LogP) is 0.708. The maximum Gasteiger partial charge on any atom is 0.409 e. The predicted molar refractivity (Wildman–Crippen MR) is 72.6 cm³/mol. The fraction of sp³-hybridized carbons (Fsp3) is 0.846. The van der Waals surface area contributed by atoms with Crippen molar-refractivity contribution >= 4 is 12.0 Å². The minimum Gasteiger partial charge on any atom is -0.450 e. The largest absolute Gasteiger partial charge is 0.450 e. The molecule has 3 N–H and O–H groups in total. The molecule has 0 aromatic heterocycles. The van der Waals surface area contributed by atoms with Gasteiger partial charge in [0.2, 0.25) is 5.91 Å². The number of amides is 2. The van der Waals surface area contributed by atoms with Gasteiger partial charge in [0.05, 0.1) is 6.61 Å². The van der Waals surface area contributed by atoms with Gasteiger partial charge in [-0.3, -0.25) is 4.79 Å². The Morgan fingerprint density at radius 2 is 2.05 bits per heavy atom. The quantitative estimate of drug-likeness (QED) is 0.771. The molecule has 1 saturated heterocycles. The lowest BCUT2D eigenvalue weighted by Crippen LogP contribution is -2.47. The summed E-state index contributed by atoms with van der Waals surface area (Å²) in [6.45, 7) is 5.87. The van der Waals surface area contributed by atoms with Gasteiger partial charge >= 0.3 is 6.09 Å². The molecule has 0 aromatic rings. The second-order valence-electron chi connectivity index (χ2n) is 4.95. The Bertz CT molecular complexity index is 302. The summed E-state index contributed by atoms with van der Waals surface area (Å²) in [4.78, 5) is 25.1. The molecule has 6 nitrogen and oxygen atoms in total. The van der Waals surface area contributed by atoms with Gasteiger partial charge in [0.15, 0.2) is 0 Å². The maximum absolute atomic E-state index is 11.8. The standard InChI is InChI=1S/C13H25N3O3/c1-3-19-13(18)16-8-5-11(6-9-16)15-12(17)10(2)4-7-14/h10-11H,3-9,14H2,1-2H3,(H,15,17). The van der Waals surface area contributed by atoms with E-state index in [4.69, 9.17) is 10.5 Å². The van der Waals surface area contributed by atoms with Crippen molar-refractivity contribution in [2.45, 2.75) is 39.2 Å². The zero-order valence-electron chi connectivity index (χ0n) is 11.9. The minimum atomic E-state index is -0.260. The van der Waals surface area contributed by atoms with Crippen LogP contribution in [0.4, 0.5) is 4.79 Å². The lowest BCUT2D eigenvalue weighted by Gasteiger charge is -2.32. The van der Waals surface area contributed by atoms with Crippen molar-refractivity contribution in [2.75, 3.05) is 26.2 Å². The Hall–Kier alpha value is -1.30. The number of nitrogens with zero attached hydrogens (tertiary/aromatic N) is 1. The molecule has 1 aliphatic heterocycles. The van der Waals surface area contributed by atoms with Crippen LogP contribution in [0.25, 0.3) is 0 Å². The molecule has 1 unspecified atom stereocenters. The van der Waals surface area contributed by atoms with Crippen molar-refractivity contribution in [3.8, 4) is 0 Å². The number of nitrogens with two attached hydrogens (primary N) is 1. The summed E-state index contributed by atoms with van der Waals surface area (Å²) in [5.74, 6) is 0.00752. The van der Waals surface area contributed by atoms with Crippen molar-refractivity contribution in [1.29, 1.82) is 0 Å². The molecule has 0 aromatic carbocycles. The van der Waals surface area contributed by atoms with E-state index in [9.17, 15) is 9.59 Å². The molecular weight excluding hydrogens is 246 g/mol. The van der Waals surface area contributed by atoms with Crippen LogP contribution in [-0.2, 0) is 9.53 Å². The van der Waals surface area contributed by atoms with Gasteiger partial charge in [0.1, 0.15) is 0 Å². The van der Waals surface area contributed by atoms with E-state index in [1.54, 1.807) is 11.8 Å². The van der Waals surface area contributed by atoms with Crippen LogP contribution in [0.15, 0.2) is 0 Å². The first kappa shape index (κ1) is 15.8. The number of hydrogen-bond acceptors (Lipinski definition) is 4. The van der Waals surface area contributed by atoms with Crippen molar-refractivity contribution in [3.63, 3.8) is 0 Å². The van der Waals surface area contributed by atoms with Gasteiger partial charge in [-0.1, -0.05) is 6.92 Å². The lowest BCUT2D eigenvalue weighted by atomic mass is 10.0. The Kier molecular flexibility index (Phi) is 6.62. The summed E-state index contributed by atoms with van der Waals surface area (Å²) in [6.07, 6.45) is 2.00. The topological polar surface area (TPSA) is 84.7 Å². The van der Waals surface area contributed by atoms with E-state index in [0.717, 1.165) is 12.8 Å². The van der Waals surface area contributed by atoms with Gasteiger partial charge in [0, 0.05) is 25.0 Å². The van der Waals surface area contributed by atoms with Gasteiger partial charge in [-0.05, 0) is 32.7 Å². The second kappa shape index (κ2) is 7.99. The van der Waals surface area contributed by atoms with Crippen LogP contribution in [0, 0.1) is 5.92 Å². The average Bonchev–Trinajstić information content (AvgIpc) is 2.40. The molecule has 0 aliphatic carbocycles. The molecule has 0 spiro atoms. The lowest BCUT2D eigenvalue weighted by molar-refractivity contribution is -0.125. The molecule has 19 heavy (non-hydrogen) atoms. The van der Waals surface area contributed by atoms with Gasteiger partial charge in [0.25, 0.3) is 0 Å². The van der Waals surface area contributed by atoms with E-state index in [2.05, 4.69) is 5.32 Å². The molecule has 1 rings (SSSR count). The summed E-state index contributed by atoms with van der Waals surface area (Å²) in [5, 5.41) is 3.02. The van der Waals surface area contributed by atoms with Crippen LogP contribution in [0.3, 0.4) is 0 Å². The number of piperidine rings is 1. The average molecular weight is 271 g/mol. The first-order valence-corrected chi connectivity index (χ1v) is 7.00. The highest BCUT2D eigenvalue weighted by Crippen LogP contribution is 2.12.